The average molecular weight is 372 g/mol. The normalized spacial score (nSPS) is 23.3. The second-order valence-corrected chi connectivity index (χ2v) is 9.01. The molecule has 2 aliphatic carbocycles. The average Bonchev–Trinajstić information content (AvgIpc) is 3.24. The van der Waals surface area contributed by atoms with Gasteiger partial charge in [-0.15, -0.1) is 10.2 Å². The molecule has 6 nitrogen and oxygen atoms in total. The van der Waals surface area contributed by atoms with E-state index in [1.54, 1.807) is 16.0 Å². The molecule has 1 unspecified atom stereocenters. The molecule has 0 amide bonds. The zero-order valence-electron chi connectivity index (χ0n) is 15.1. The number of likely N-dealkylation sites (tertiary alicyclic amines) is 1. The number of aromatic nitrogens is 4. The third kappa shape index (κ3) is 3.34. The maximum absolute atomic E-state index is 12.5. The summed E-state index contributed by atoms with van der Waals surface area (Å²) in [6.07, 6.45) is 9.24. The lowest BCUT2D eigenvalue weighted by Crippen LogP contribution is -2.37. The SMILES string of the molecule is O=c1cc2c(nn1CC1CCCN1Cc1nnc(C3CC3)s1)CCCC2. The molecule has 0 radical (unpaired) electrons. The van der Waals surface area contributed by atoms with Crippen LogP contribution >= 0.6 is 11.3 Å². The second-order valence-electron chi connectivity index (χ2n) is 7.92. The van der Waals surface area contributed by atoms with Crippen molar-refractivity contribution in [2.24, 2.45) is 0 Å². The predicted molar refractivity (Wildman–Crippen MR) is 100 cm³/mol. The van der Waals surface area contributed by atoms with Gasteiger partial charge >= 0.3 is 0 Å². The van der Waals surface area contributed by atoms with Gasteiger partial charge in [-0.25, -0.2) is 4.68 Å². The first-order valence-corrected chi connectivity index (χ1v) is 10.7. The topological polar surface area (TPSA) is 63.9 Å². The molecule has 138 valence electrons. The minimum atomic E-state index is 0.0597. The summed E-state index contributed by atoms with van der Waals surface area (Å²) < 4.78 is 1.71. The summed E-state index contributed by atoms with van der Waals surface area (Å²) in [7, 11) is 0. The molecule has 1 saturated heterocycles. The van der Waals surface area contributed by atoms with Crippen LogP contribution in [0.25, 0.3) is 0 Å². The van der Waals surface area contributed by atoms with E-state index in [9.17, 15) is 4.79 Å². The Bertz CT molecular complexity index is 856. The zero-order chi connectivity index (χ0) is 17.5. The van der Waals surface area contributed by atoms with E-state index in [1.165, 1.54) is 42.7 Å². The first-order valence-electron chi connectivity index (χ1n) is 9.92. The van der Waals surface area contributed by atoms with Gasteiger partial charge in [-0.2, -0.15) is 5.10 Å². The van der Waals surface area contributed by atoms with Crippen LogP contribution in [-0.4, -0.2) is 37.5 Å². The molecule has 2 fully saturated rings. The van der Waals surface area contributed by atoms with E-state index in [-0.39, 0.29) is 5.56 Å². The summed E-state index contributed by atoms with van der Waals surface area (Å²) in [5, 5.41) is 15.8. The summed E-state index contributed by atoms with van der Waals surface area (Å²) in [5.41, 5.74) is 2.37. The van der Waals surface area contributed by atoms with Gasteiger partial charge in [0, 0.05) is 18.0 Å². The molecule has 2 aromatic rings. The fourth-order valence-corrected chi connectivity index (χ4v) is 5.28. The Morgan fingerprint density at radius 2 is 2.00 bits per heavy atom. The van der Waals surface area contributed by atoms with Crippen LogP contribution in [0, 0.1) is 0 Å². The van der Waals surface area contributed by atoms with Gasteiger partial charge in [0.05, 0.1) is 18.8 Å². The molecule has 7 heteroatoms. The van der Waals surface area contributed by atoms with Crippen LogP contribution in [0.5, 0.6) is 0 Å². The quantitative estimate of drug-likeness (QED) is 0.808. The molecule has 0 N–H and O–H groups in total. The first-order chi connectivity index (χ1) is 12.8. The van der Waals surface area contributed by atoms with Gasteiger partial charge in [0.15, 0.2) is 0 Å². The van der Waals surface area contributed by atoms with Crippen molar-refractivity contribution in [3.8, 4) is 0 Å². The van der Waals surface area contributed by atoms with Gasteiger partial charge < -0.3 is 0 Å². The van der Waals surface area contributed by atoms with Crippen LogP contribution in [0.4, 0.5) is 0 Å². The van der Waals surface area contributed by atoms with Crippen LogP contribution in [0.15, 0.2) is 10.9 Å². The fraction of sp³-hybridized carbons (Fsp3) is 0.684. The minimum absolute atomic E-state index is 0.0597. The number of hydrogen-bond acceptors (Lipinski definition) is 6. The molecule has 1 atom stereocenters. The lowest BCUT2D eigenvalue weighted by atomic mass is 9.97. The van der Waals surface area contributed by atoms with E-state index < -0.39 is 0 Å². The standard InChI is InChI=1S/C19H25N5OS/c25-18-10-14-4-1-2-6-16(14)22-24(18)11-15-5-3-9-23(15)12-17-20-21-19(26-17)13-7-8-13/h10,13,15H,1-9,11-12H2. The zero-order valence-corrected chi connectivity index (χ0v) is 15.9. The summed E-state index contributed by atoms with van der Waals surface area (Å²) in [5.74, 6) is 0.675. The van der Waals surface area contributed by atoms with Crippen molar-refractivity contribution in [3.63, 3.8) is 0 Å². The lowest BCUT2D eigenvalue weighted by molar-refractivity contribution is 0.215. The van der Waals surface area contributed by atoms with Crippen LogP contribution in [0.3, 0.4) is 0 Å². The number of aryl methyl sites for hydroxylation is 2. The highest BCUT2D eigenvalue weighted by molar-refractivity contribution is 7.11. The van der Waals surface area contributed by atoms with E-state index >= 15 is 0 Å². The van der Waals surface area contributed by atoms with Crippen molar-refractivity contribution in [1.82, 2.24) is 24.9 Å². The monoisotopic (exact) mass is 371 g/mol. The van der Waals surface area contributed by atoms with Gasteiger partial charge in [-0.1, -0.05) is 11.3 Å². The predicted octanol–water partition coefficient (Wildman–Crippen LogP) is 2.52. The Morgan fingerprint density at radius 3 is 2.88 bits per heavy atom. The van der Waals surface area contributed by atoms with Crippen molar-refractivity contribution in [2.45, 2.75) is 76.4 Å². The lowest BCUT2D eigenvalue weighted by Gasteiger charge is -2.24. The summed E-state index contributed by atoms with van der Waals surface area (Å²) in [4.78, 5) is 15.0. The molecule has 1 saturated carbocycles. The molecule has 1 aliphatic heterocycles. The fourth-order valence-electron chi connectivity index (χ4n) is 4.24. The molecular weight excluding hydrogens is 346 g/mol. The molecule has 5 rings (SSSR count). The van der Waals surface area contributed by atoms with E-state index in [1.807, 2.05) is 6.07 Å². The molecule has 0 aromatic carbocycles. The van der Waals surface area contributed by atoms with Crippen molar-refractivity contribution in [2.75, 3.05) is 6.54 Å². The van der Waals surface area contributed by atoms with Crippen molar-refractivity contribution < 1.29 is 0 Å². The molecule has 3 aliphatic rings. The van der Waals surface area contributed by atoms with Crippen LogP contribution < -0.4 is 5.56 Å². The second kappa shape index (κ2) is 6.85. The summed E-state index contributed by atoms with van der Waals surface area (Å²) in [6, 6.07) is 2.20. The Balaban J connectivity index is 1.30. The van der Waals surface area contributed by atoms with E-state index in [0.29, 0.717) is 18.5 Å². The molecule has 0 spiro atoms. The molecule has 0 bridgehead atoms. The smallest absolute Gasteiger partial charge is 0.267 e. The summed E-state index contributed by atoms with van der Waals surface area (Å²) >= 11 is 1.77. The van der Waals surface area contributed by atoms with E-state index in [4.69, 9.17) is 5.10 Å². The van der Waals surface area contributed by atoms with Crippen LogP contribution in [-0.2, 0) is 25.9 Å². The van der Waals surface area contributed by atoms with Crippen LogP contribution in [0.2, 0.25) is 0 Å². The highest BCUT2D eigenvalue weighted by Gasteiger charge is 2.30. The Morgan fingerprint density at radius 1 is 1.12 bits per heavy atom. The molecule has 2 aromatic heterocycles. The van der Waals surface area contributed by atoms with Gasteiger partial charge in [0.25, 0.3) is 5.56 Å². The third-order valence-corrected chi connectivity index (χ3v) is 6.97. The van der Waals surface area contributed by atoms with Gasteiger partial charge in [0.2, 0.25) is 0 Å². The van der Waals surface area contributed by atoms with Crippen molar-refractivity contribution in [1.29, 1.82) is 0 Å². The number of rotatable bonds is 5. The Hall–Kier alpha value is -1.60. The first kappa shape index (κ1) is 16.6. The summed E-state index contributed by atoms with van der Waals surface area (Å²) in [6.45, 7) is 2.62. The van der Waals surface area contributed by atoms with Crippen molar-refractivity contribution in [3.05, 3.63) is 37.7 Å². The number of fused-ring (bicyclic) bond motifs is 1. The minimum Gasteiger partial charge on any atom is -0.292 e. The Kier molecular flexibility index (Phi) is 4.36. The number of hydrogen-bond donors (Lipinski definition) is 0. The molecule has 3 heterocycles. The highest BCUT2D eigenvalue weighted by atomic mass is 32.1. The van der Waals surface area contributed by atoms with Crippen LogP contribution in [0.1, 0.15) is 65.7 Å². The molecule has 26 heavy (non-hydrogen) atoms. The van der Waals surface area contributed by atoms with Gasteiger partial charge in [0.1, 0.15) is 10.0 Å². The van der Waals surface area contributed by atoms with Gasteiger partial charge in [-0.3, -0.25) is 9.69 Å². The van der Waals surface area contributed by atoms with Crippen molar-refractivity contribution >= 4 is 11.3 Å². The third-order valence-electron chi connectivity index (χ3n) is 5.90. The van der Waals surface area contributed by atoms with E-state index in [0.717, 1.165) is 43.1 Å². The number of nitrogens with zero attached hydrogens (tertiary/aromatic N) is 5. The van der Waals surface area contributed by atoms with E-state index in [2.05, 4.69) is 15.1 Å². The van der Waals surface area contributed by atoms with Gasteiger partial charge in [-0.05, 0) is 63.5 Å². The largest absolute Gasteiger partial charge is 0.292 e. The maximum Gasteiger partial charge on any atom is 0.267 e. The Labute approximate surface area is 157 Å². The molecular formula is C19H25N5OS. The highest BCUT2D eigenvalue weighted by Crippen LogP contribution is 2.41. The maximum atomic E-state index is 12.5.